The zero-order valence-electron chi connectivity index (χ0n) is 20.5. The van der Waals surface area contributed by atoms with Crippen LogP contribution in [0.3, 0.4) is 0 Å². The van der Waals surface area contributed by atoms with Gasteiger partial charge in [0.25, 0.3) is 5.91 Å². The second kappa shape index (κ2) is 10.8. The Bertz CT molecular complexity index is 1270. The van der Waals surface area contributed by atoms with Crippen molar-refractivity contribution in [1.82, 2.24) is 10.7 Å². The van der Waals surface area contributed by atoms with E-state index in [-0.39, 0.29) is 11.8 Å². The Morgan fingerprint density at radius 1 is 0.833 bits per heavy atom. The van der Waals surface area contributed by atoms with Gasteiger partial charge in [-0.05, 0) is 66.7 Å². The topological polar surface area (TPSA) is 98.1 Å². The molecule has 1 saturated heterocycles. The lowest BCUT2D eigenvalue weighted by molar-refractivity contribution is -0.596. The van der Waals surface area contributed by atoms with E-state index >= 15 is 0 Å². The van der Waals surface area contributed by atoms with Crippen LogP contribution in [0.1, 0.15) is 27.5 Å². The van der Waals surface area contributed by atoms with Gasteiger partial charge in [0, 0.05) is 16.7 Å². The number of carbonyl (C=O) groups excluding carboxylic acids is 2. The highest BCUT2D eigenvalue weighted by Crippen LogP contribution is 2.29. The number of rotatable bonds is 8. The van der Waals surface area contributed by atoms with Gasteiger partial charge < -0.3 is 24.3 Å². The summed E-state index contributed by atoms with van der Waals surface area (Å²) in [6.07, 6.45) is 1.79. The monoisotopic (exact) mass is 490 g/mol. The Morgan fingerprint density at radius 2 is 1.44 bits per heavy atom. The molecule has 4 rings (SSSR count). The average molecular weight is 491 g/mol. The Kier molecular flexibility index (Phi) is 7.39. The molecule has 2 N–H and O–H groups in total. The van der Waals surface area contributed by atoms with Crippen LogP contribution in [0.4, 0.5) is 0 Å². The van der Waals surface area contributed by atoms with Crippen LogP contribution in [0, 0.1) is 0 Å². The first-order valence-corrected chi connectivity index (χ1v) is 11.2. The van der Waals surface area contributed by atoms with E-state index in [0.717, 1.165) is 11.1 Å². The summed E-state index contributed by atoms with van der Waals surface area (Å²) in [5, 5.41) is 2.89. The molecule has 9 heteroatoms. The van der Waals surface area contributed by atoms with E-state index in [0.29, 0.717) is 28.6 Å². The van der Waals surface area contributed by atoms with E-state index in [2.05, 4.69) is 10.7 Å². The smallest absolute Gasteiger partial charge is 0.304 e. The minimum atomic E-state index is -0.857. The highest BCUT2D eigenvalue weighted by atomic mass is 16.5. The predicted molar refractivity (Wildman–Crippen MR) is 133 cm³/mol. The maximum atomic E-state index is 13.1. The van der Waals surface area contributed by atoms with Crippen LogP contribution in [-0.2, 0) is 4.79 Å². The molecule has 0 unspecified atom stereocenters. The molecular weight excluding hydrogens is 462 g/mol. The number of methoxy groups -OCH3 is 4. The lowest BCUT2D eigenvalue weighted by Gasteiger charge is -2.15. The lowest BCUT2D eigenvalue weighted by Crippen LogP contribution is -2.42. The maximum Gasteiger partial charge on any atom is 0.304 e. The Balaban J connectivity index is 1.70. The highest BCUT2D eigenvalue weighted by molar-refractivity contribution is 5.98. The van der Waals surface area contributed by atoms with Crippen molar-refractivity contribution in [2.45, 2.75) is 12.1 Å². The van der Waals surface area contributed by atoms with Crippen molar-refractivity contribution >= 4 is 18.0 Å². The fourth-order valence-electron chi connectivity index (χ4n) is 4.04. The Hall–Kier alpha value is -4.53. The largest absolute Gasteiger partial charge is 0.497 e. The molecule has 0 radical (unpaired) electrons. The minimum Gasteiger partial charge on any atom is -0.497 e. The van der Waals surface area contributed by atoms with E-state index < -0.39 is 12.1 Å². The Morgan fingerprint density at radius 3 is 2.03 bits per heavy atom. The number of amides is 2. The normalized spacial score (nSPS) is 17.9. The summed E-state index contributed by atoms with van der Waals surface area (Å²) in [7, 11) is 6.27. The molecule has 9 nitrogen and oxygen atoms in total. The number of hydrogen-bond acceptors (Lipinski definition) is 6. The van der Waals surface area contributed by atoms with Crippen LogP contribution in [0.5, 0.6) is 23.0 Å². The average Bonchev–Trinajstić information content (AvgIpc) is 3.22. The third kappa shape index (κ3) is 5.10. The molecule has 3 aromatic carbocycles. The molecule has 2 amide bonds. The van der Waals surface area contributed by atoms with Crippen LogP contribution in [0.2, 0.25) is 0 Å². The third-order valence-corrected chi connectivity index (χ3v) is 5.93. The van der Waals surface area contributed by atoms with Crippen molar-refractivity contribution in [3.05, 3.63) is 83.4 Å². The minimum absolute atomic E-state index is 0.339. The number of carbonyl (C=O) groups is 2. The van der Waals surface area contributed by atoms with E-state index in [1.54, 1.807) is 75.7 Å². The molecule has 0 aliphatic carbocycles. The predicted octanol–water partition coefficient (Wildman–Crippen LogP) is 2.74. The molecule has 0 bridgehead atoms. The molecule has 0 spiro atoms. The fourth-order valence-corrected chi connectivity index (χ4v) is 4.04. The van der Waals surface area contributed by atoms with E-state index in [9.17, 15) is 9.59 Å². The number of hydrazine groups is 1. The summed E-state index contributed by atoms with van der Waals surface area (Å²) in [5.41, 5.74) is 4.87. The van der Waals surface area contributed by atoms with E-state index in [1.807, 2.05) is 30.3 Å². The van der Waals surface area contributed by atoms with Crippen LogP contribution in [0.15, 0.2) is 66.7 Å². The zero-order chi connectivity index (χ0) is 25.7. The molecule has 1 aliphatic rings. The van der Waals surface area contributed by atoms with Crippen molar-refractivity contribution in [2.24, 2.45) is 0 Å². The number of benzene rings is 3. The summed E-state index contributed by atoms with van der Waals surface area (Å²) >= 11 is 0. The van der Waals surface area contributed by atoms with Crippen molar-refractivity contribution in [3.8, 4) is 23.0 Å². The van der Waals surface area contributed by atoms with Gasteiger partial charge in [0.05, 0.1) is 28.4 Å². The molecule has 0 saturated carbocycles. The van der Waals surface area contributed by atoms with Crippen molar-refractivity contribution in [2.75, 3.05) is 28.4 Å². The quantitative estimate of drug-likeness (QED) is 0.472. The first kappa shape index (κ1) is 24.6. The highest BCUT2D eigenvalue weighted by Gasteiger charge is 2.47. The molecular formula is C27H28N3O6+. The van der Waals surface area contributed by atoms with Gasteiger partial charge in [-0.15, -0.1) is 10.1 Å². The summed E-state index contributed by atoms with van der Waals surface area (Å²) in [6, 6.07) is 18.1. The summed E-state index contributed by atoms with van der Waals surface area (Å²) < 4.78 is 22.9. The summed E-state index contributed by atoms with van der Waals surface area (Å²) in [4.78, 5) is 26.1. The van der Waals surface area contributed by atoms with Gasteiger partial charge in [-0.2, -0.15) is 0 Å². The van der Waals surface area contributed by atoms with E-state index in [4.69, 9.17) is 18.9 Å². The SMILES string of the molecule is COc1ccc(C(=O)N[C@H]2C(=O)N/[N+](=C\c3ccc(OC)c(OC)c3)[C@H]2c2ccc(OC)cc2)cc1. The maximum absolute atomic E-state index is 13.1. The number of nitrogens with one attached hydrogen (secondary N) is 2. The summed E-state index contributed by atoms with van der Waals surface area (Å²) in [5.74, 6) is 1.76. The first-order chi connectivity index (χ1) is 17.5. The standard InChI is InChI=1S/C27H27N3O6/c1-33-20-10-6-18(7-11-20)25-24(28-26(31)19-8-12-21(34-2)13-9-19)27(32)29-30(25)16-17-5-14-22(35-3)23(15-17)36-4/h5-16,24-25H,1-4H3,(H-,28,29,31,32)/p+1/b30-16-/t24-,25+/m1/s1. The van der Waals surface area contributed by atoms with Gasteiger partial charge in [0.1, 0.15) is 11.5 Å². The second-order valence-corrected chi connectivity index (χ2v) is 8.02. The number of hydrazone groups is 1. The van der Waals surface area contributed by atoms with Gasteiger partial charge in [-0.3, -0.25) is 9.59 Å². The van der Waals surface area contributed by atoms with Crippen LogP contribution in [-0.4, -0.2) is 57.2 Å². The molecule has 1 fully saturated rings. The molecule has 2 atom stereocenters. The van der Waals surface area contributed by atoms with Gasteiger partial charge >= 0.3 is 5.91 Å². The van der Waals surface area contributed by atoms with Crippen LogP contribution < -0.4 is 29.7 Å². The van der Waals surface area contributed by atoms with E-state index in [1.165, 1.54) is 0 Å². The van der Waals surface area contributed by atoms with Gasteiger partial charge in [0.2, 0.25) is 12.3 Å². The molecule has 1 aliphatic heterocycles. The molecule has 36 heavy (non-hydrogen) atoms. The molecule has 3 aromatic rings. The molecule has 1 heterocycles. The Labute approximate surface area is 209 Å². The number of ether oxygens (including phenoxy) is 4. The van der Waals surface area contributed by atoms with Crippen molar-refractivity contribution in [1.29, 1.82) is 0 Å². The lowest BCUT2D eigenvalue weighted by atomic mass is 9.99. The van der Waals surface area contributed by atoms with Gasteiger partial charge in [0.15, 0.2) is 17.5 Å². The zero-order valence-corrected chi connectivity index (χ0v) is 20.5. The van der Waals surface area contributed by atoms with Gasteiger partial charge in [-0.1, -0.05) is 0 Å². The molecule has 0 aromatic heterocycles. The summed E-state index contributed by atoms with van der Waals surface area (Å²) in [6.45, 7) is 0. The number of nitrogens with zero attached hydrogens (tertiary/aromatic N) is 1. The van der Waals surface area contributed by atoms with Crippen molar-refractivity contribution < 1.29 is 33.2 Å². The first-order valence-electron chi connectivity index (χ1n) is 11.2. The second-order valence-electron chi connectivity index (χ2n) is 8.02. The van der Waals surface area contributed by atoms with Crippen LogP contribution in [0.25, 0.3) is 0 Å². The van der Waals surface area contributed by atoms with Gasteiger partial charge in [-0.25, -0.2) is 0 Å². The van der Waals surface area contributed by atoms with Crippen LogP contribution >= 0.6 is 0 Å². The van der Waals surface area contributed by atoms with Crippen molar-refractivity contribution in [3.63, 3.8) is 0 Å². The molecule has 186 valence electrons. The third-order valence-electron chi connectivity index (χ3n) is 5.93. The number of hydrogen-bond donors (Lipinski definition) is 2. The fraction of sp³-hybridized carbons (Fsp3) is 0.222.